The zero-order valence-electron chi connectivity index (χ0n) is 11.5. The summed E-state index contributed by atoms with van der Waals surface area (Å²) in [5.74, 6) is 0. The van der Waals surface area contributed by atoms with Crippen LogP contribution in [0.15, 0.2) is 0 Å². The number of hydrogen-bond acceptors (Lipinski definition) is 3. The molecular weight excluding hydrogens is 212 g/mol. The maximum atomic E-state index is 5.86. The second-order valence-electron chi connectivity index (χ2n) is 6.45. The zero-order valence-corrected chi connectivity index (χ0v) is 11.5. The molecule has 17 heavy (non-hydrogen) atoms. The first-order chi connectivity index (χ1) is 8.12. The fraction of sp³-hybridized carbons (Fsp3) is 1.00. The fourth-order valence-corrected chi connectivity index (χ4v) is 2.92. The van der Waals surface area contributed by atoms with Crippen molar-refractivity contribution in [1.82, 2.24) is 10.6 Å². The molecule has 2 rings (SSSR count). The first kappa shape index (κ1) is 13.3. The van der Waals surface area contributed by atoms with Crippen LogP contribution >= 0.6 is 0 Å². The first-order valence-corrected chi connectivity index (χ1v) is 7.17. The lowest BCUT2D eigenvalue weighted by Crippen LogP contribution is -2.59. The van der Waals surface area contributed by atoms with Crippen LogP contribution in [0.25, 0.3) is 0 Å². The van der Waals surface area contributed by atoms with Crippen molar-refractivity contribution in [3.05, 3.63) is 0 Å². The van der Waals surface area contributed by atoms with Gasteiger partial charge in [-0.3, -0.25) is 0 Å². The summed E-state index contributed by atoms with van der Waals surface area (Å²) in [7, 11) is 0. The van der Waals surface area contributed by atoms with Crippen molar-refractivity contribution in [2.45, 2.75) is 51.6 Å². The molecule has 3 heteroatoms. The Bertz CT molecular complexity index is 232. The summed E-state index contributed by atoms with van der Waals surface area (Å²) in [6.45, 7) is 9.61. The summed E-state index contributed by atoms with van der Waals surface area (Å²) in [5.41, 5.74) is 0.649. The predicted molar refractivity (Wildman–Crippen MR) is 71.3 cm³/mol. The number of nitrogens with one attached hydrogen (secondary N) is 2. The Hall–Kier alpha value is -0.120. The highest BCUT2D eigenvalue weighted by atomic mass is 16.5. The minimum Gasteiger partial charge on any atom is -0.371 e. The van der Waals surface area contributed by atoms with Crippen LogP contribution in [0.4, 0.5) is 0 Å². The van der Waals surface area contributed by atoms with E-state index in [1.165, 1.54) is 32.1 Å². The number of ether oxygens (including phenoxy) is 1. The average Bonchev–Trinajstić information content (AvgIpc) is 2.27. The molecule has 3 nitrogen and oxygen atoms in total. The molecule has 0 atom stereocenters. The van der Waals surface area contributed by atoms with Gasteiger partial charge in [0.2, 0.25) is 0 Å². The van der Waals surface area contributed by atoms with E-state index in [-0.39, 0.29) is 5.60 Å². The molecule has 0 spiro atoms. The average molecular weight is 240 g/mol. The molecule has 0 amide bonds. The number of rotatable bonds is 6. The van der Waals surface area contributed by atoms with Gasteiger partial charge in [0.1, 0.15) is 0 Å². The van der Waals surface area contributed by atoms with Gasteiger partial charge in [0.15, 0.2) is 0 Å². The third-order valence-corrected chi connectivity index (χ3v) is 4.34. The second kappa shape index (κ2) is 5.68. The Morgan fingerprint density at radius 3 is 2.41 bits per heavy atom. The van der Waals surface area contributed by atoms with E-state index in [1.54, 1.807) is 0 Å². The van der Waals surface area contributed by atoms with E-state index in [0.29, 0.717) is 5.41 Å². The van der Waals surface area contributed by atoms with Crippen molar-refractivity contribution in [2.24, 2.45) is 5.41 Å². The normalized spacial score (nSPS) is 26.5. The fourth-order valence-electron chi connectivity index (χ4n) is 2.92. The maximum Gasteiger partial charge on any atom is 0.0902 e. The van der Waals surface area contributed by atoms with Gasteiger partial charge in [0.25, 0.3) is 0 Å². The molecule has 2 aliphatic rings. The van der Waals surface area contributed by atoms with Crippen LogP contribution in [0.3, 0.4) is 0 Å². The van der Waals surface area contributed by atoms with Crippen molar-refractivity contribution in [1.29, 1.82) is 0 Å². The van der Waals surface area contributed by atoms with E-state index in [2.05, 4.69) is 24.5 Å². The van der Waals surface area contributed by atoms with E-state index in [0.717, 1.165) is 32.8 Å². The molecule has 2 N–H and O–H groups in total. The van der Waals surface area contributed by atoms with Crippen LogP contribution in [0.5, 0.6) is 0 Å². The first-order valence-electron chi connectivity index (χ1n) is 7.17. The molecule has 0 aromatic carbocycles. The van der Waals surface area contributed by atoms with Gasteiger partial charge < -0.3 is 15.4 Å². The molecule has 0 aromatic heterocycles. The smallest absolute Gasteiger partial charge is 0.0902 e. The Morgan fingerprint density at radius 1 is 1.12 bits per heavy atom. The van der Waals surface area contributed by atoms with Crippen molar-refractivity contribution < 1.29 is 4.74 Å². The van der Waals surface area contributed by atoms with E-state index in [9.17, 15) is 0 Å². The van der Waals surface area contributed by atoms with Crippen molar-refractivity contribution in [3.63, 3.8) is 0 Å². The quantitative estimate of drug-likeness (QED) is 0.696. The minimum absolute atomic E-state index is 0.108. The molecule has 1 saturated heterocycles. The van der Waals surface area contributed by atoms with Gasteiger partial charge in [0, 0.05) is 26.2 Å². The monoisotopic (exact) mass is 240 g/mol. The lowest BCUT2D eigenvalue weighted by Gasteiger charge is -2.39. The van der Waals surface area contributed by atoms with Crippen molar-refractivity contribution in [2.75, 3.05) is 32.8 Å². The van der Waals surface area contributed by atoms with Gasteiger partial charge in [-0.1, -0.05) is 26.2 Å². The van der Waals surface area contributed by atoms with Crippen molar-refractivity contribution in [3.8, 4) is 0 Å². The summed E-state index contributed by atoms with van der Waals surface area (Å²) in [6.07, 6.45) is 7.05. The second-order valence-corrected chi connectivity index (χ2v) is 6.45. The minimum atomic E-state index is 0.108. The molecule has 1 aliphatic heterocycles. The van der Waals surface area contributed by atoms with Gasteiger partial charge in [-0.25, -0.2) is 0 Å². The maximum absolute atomic E-state index is 5.86. The van der Waals surface area contributed by atoms with Crippen LogP contribution in [0, 0.1) is 5.41 Å². The van der Waals surface area contributed by atoms with Crippen molar-refractivity contribution >= 4 is 0 Å². The van der Waals surface area contributed by atoms with Crippen LogP contribution in [-0.2, 0) is 4.74 Å². The van der Waals surface area contributed by atoms with E-state index >= 15 is 0 Å². The van der Waals surface area contributed by atoms with Crippen LogP contribution in [-0.4, -0.2) is 38.4 Å². The highest BCUT2D eigenvalue weighted by Gasteiger charge is 2.32. The SMILES string of the molecule is CC1(CNCCOC2(C)CNC2)CCCCC1. The standard InChI is InChI=1S/C14H28N2O/c1-13(6-4-3-5-7-13)10-15-8-9-17-14(2)11-16-12-14/h15-16H,3-12H2,1-2H3. The van der Waals surface area contributed by atoms with Gasteiger partial charge in [-0.2, -0.15) is 0 Å². The summed E-state index contributed by atoms with van der Waals surface area (Å²) < 4.78 is 5.86. The molecule has 0 radical (unpaired) electrons. The van der Waals surface area contributed by atoms with Gasteiger partial charge >= 0.3 is 0 Å². The van der Waals surface area contributed by atoms with E-state index in [1.807, 2.05) is 0 Å². The Morgan fingerprint density at radius 2 is 1.82 bits per heavy atom. The molecule has 0 aromatic rings. The van der Waals surface area contributed by atoms with Crippen LogP contribution in [0.1, 0.15) is 46.0 Å². The van der Waals surface area contributed by atoms with Gasteiger partial charge in [-0.05, 0) is 25.2 Å². The molecule has 1 saturated carbocycles. The Labute approximate surface area is 106 Å². The van der Waals surface area contributed by atoms with Crippen LogP contribution < -0.4 is 10.6 Å². The molecule has 2 fully saturated rings. The molecular formula is C14H28N2O. The van der Waals surface area contributed by atoms with E-state index in [4.69, 9.17) is 4.74 Å². The Balaban J connectivity index is 1.53. The Kier molecular flexibility index (Phi) is 4.45. The summed E-state index contributed by atoms with van der Waals surface area (Å²) in [4.78, 5) is 0. The molecule has 0 bridgehead atoms. The molecule has 1 heterocycles. The molecule has 0 unspecified atom stereocenters. The highest BCUT2D eigenvalue weighted by molar-refractivity contribution is 4.90. The topological polar surface area (TPSA) is 33.3 Å². The van der Waals surface area contributed by atoms with Crippen LogP contribution in [0.2, 0.25) is 0 Å². The van der Waals surface area contributed by atoms with Gasteiger partial charge in [-0.15, -0.1) is 0 Å². The third kappa shape index (κ3) is 3.94. The largest absolute Gasteiger partial charge is 0.371 e. The summed E-state index contributed by atoms with van der Waals surface area (Å²) >= 11 is 0. The lowest BCUT2D eigenvalue weighted by atomic mass is 9.76. The number of hydrogen-bond donors (Lipinski definition) is 2. The molecule has 1 aliphatic carbocycles. The lowest BCUT2D eigenvalue weighted by molar-refractivity contribution is -0.0652. The highest BCUT2D eigenvalue weighted by Crippen LogP contribution is 2.34. The molecule has 100 valence electrons. The third-order valence-electron chi connectivity index (χ3n) is 4.34. The summed E-state index contributed by atoms with van der Waals surface area (Å²) in [6, 6.07) is 0. The zero-order chi connectivity index (χ0) is 12.2. The predicted octanol–water partition coefficient (Wildman–Crippen LogP) is 1.92. The summed E-state index contributed by atoms with van der Waals surface area (Å²) in [5, 5.41) is 6.83. The van der Waals surface area contributed by atoms with Gasteiger partial charge in [0.05, 0.1) is 12.2 Å². The van der Waals surface area contributed by atoms with E-state index < -0.39 is 0 Å².